The quantitative estimate of drug-likeness (QED) is 0.635. The lowest BCUT2D eigenvalue weighted by molar-refractivity contribution is 0.0510. The minimum atomic E-state index is -0.501. The molecule has 0 saturated heterocycles. The van der Waals surface area contributed by atoms with Gasteiger partial charge in [-0.25, -0.2) is 4.79 Å². The van der Waals surface area contributed by atoms with Gasteiger partial charge in [-0.1, -0.05) is 58.4 Å². The van der Waals surface area contributed by atoms with E-state index in [-0.39, 0.29) is 6.04 Å². The van der Waals surface area contributed by atoms with E-state index in [1.54, 1.807) is 0 Å². The number of alkyl halides is 1. The molecule has 0 heterocycles. The second-order valence-corrected chi connectivity index (χ2v) is 7.77. The zero-order valence-corrected chi connectivity index (χ0v) is 17.1. The molecule has 2 aromatic carbocycles. The molecule has 1 unspecified atom stereocenters. The normalized spacial score (nSPS) is 12.3. The average Bonchev–Trinajstić information content (AvgIpc) is 2.60. The number of hydrogen-bond donors (Lipinski definition) is 1. The highest BCUT2D eigenvalue weighted by molar-refractivity contribution is 9.09. The Hall–Kier alpha value is -2.01. The lowest BCUT2D eigenvalue weighted by Gasteiger charge is -2.23. The SMILES string of the molecule is CC(C)(C)OC(=O)NC(CBr)Cc1ccc(OCc2ccccc2)cc1. The van der Waals surface area contributed by atoms with Crippen LogP contribution in [0.25, 0.3) is 0 Å². The minimum Gasteiger partial charge on any atom is -0.489 e. The van der Waals surface area contributed by atoms with Crippen LogP contribution in [-0.2, 0) is 17.8 Å². The number of carbonyl (C=O) groups excluding carboxylic acids is 1. The van der Waals surface area contributed by atoms with Crippen LogP contribution in [0.5, 0.6) is 5.75 Å². The summed E-state index contributed by atoms with van der Waals surface area (Å²) >= 11 is 3.45. The molecule has 0 aliphatic heterocycles. The van der Waals surface area contributed by atoms with Gasteiger partial charge in [0, 0.05) is 11.4 Å². The zero-order chi connectivity index (χ0) is 19.0. The molecule has 140 valence electrons. The Morgan fingerprint density at radius 1 is 1.04 bits per heavy atom. The van der Waals surface area contributed by atoms with Crippen LogP contribution in [0, 0.1) is 0 Å². The van der Waals surface area contributed by atoms with Gasteiger partial charge in [0.05, 0.1) is 0 Å². The molecular formula is C21H26BrNO3. The number of benzene rings is 2. The van der Waals surface area contributed by atoms with Crippen LogP contribution in [0.4, 0.5) is 4.79 Å². The maximum absolute atomic E-state index is 11.9. The number of alkyl carbamates (subject to hydrolysis) is 1. The van der Waals surface area contributed by atoms with Gasteiger partial charge in [-0.15, -0.1) is 0 Å². The van der Waals surface area contributed by atoms with Crippen molar-refractivity contribution in [3.8, 4) is 5.75 Å². The number of amides is 1. The molecule has 0 fully saturated rings. The summed E-state index contributed by atoms with van der Waals surface area (Å²) in [6.07, 6.45) is 0.313. The standard InChI is InChI=1S/C21H26BrNO3/c1-21(2,3)26-20(24)23-18(14-22)13-16-9-11-19(12-10-16)25-15-17-7-5-4-6-8-17/h4-12,18H,13-15H2,1-3H3,(H,23,24). The van der Waals surface area contributed by atoms with E-state index in [2.05, 4.69) is 21.2 Å². The van der Waals surface area contributed by atoms with Crippen molar-refractivity contribution >= 4 is 22.0 Å². The number of rotatable bonds is 7. The molecule has 0 aliphatic carbocycles. The molecule has 5 heteroatoms. The van der Waals surface area contributed by atoms with Gasteiger partial charge in [0.25, 0.3) is 0 Å². The van der Waals surface area contributed by atoms with Crippen LogP contribution in [0.3, 0.4) is 0 Å². The molecule has 0 bridgehead atoms. The van der Waals surface area contributed by atoms with Crippen molar-refractivity contribution in [2.75, 3.05) is 5.33 Å². The fraction of sp³-hybridized carbons (Fsp3) is 0.381. The van der Waals surface area contributed by atoms with Gasteiger partial charge in [0.2, 0.25) is 0 Å². The third-order valence-electron chi connectivity index (χ3n) is 3.56. The summed E-state index contributed by atoms with van der Waals surface area (Å²) in [4.78, 5) is 11.9. The predicted octanol–water partition coefficient (Wildman–Crippen LogP) is 5.10. The smallest absolute Gasteiger partial charge is 0.407 e. The van der Waals surface area contributed by atoms with Crippen LogP contribution in [-0.4, -0.2) is 23.1 Å². The maximum Gasteiger partial charge on any atom is 0.407 e. The summed E-state index contributed by atoms with van der Waals surface area (Å²) in [6, 6.07) is 18.0. The first kappa shape index (κ1) is 20.3. The number of hydrogen-bond acceptors (Lipinski definition) is 3. The second-order valence-electron chi connectivity index (χ2n) is 7.12. The molecule has 0 aliphatic rings. The molecule has 26 heavy (non-hydrogen) atoms. The summed E-state index contributed by atoms with van der Waals surface area (Å²) < 4.78 is 11.1. The Morgan fingerprint density at radius 2 is 1.69 bits per heavy atom. The second kappa shape index (κ2) is 9.62. The molecule has 1 amide bonds. The third kappa shape index (κ3) is 7.48. The Kier molecular flexibility index (Phi) is 7.51. The zero-order valence-electron chi connectivity index (χ0n) is 15.5. The van der Waals surface area contributed by atoms with Gasteiger partial charge in [-0.3, -0.25) is 0 Å². The molecule has 0 saturated carbocycles. The molecule has 2 rings (SSSR count). The summed E-state index contributed by atoms with van der Waals surface area (Å²) in [5.74, 6) is 0.827. The van der Waals surface area contributed by atoms with E-state index < -0.39 is 11.7 Å². The third-order valence-corrected chi connectivity index (χ3v) is 4.34. The number of carbonyl (C=O) groups is 1. The average molecular weight is 420 g/mol. The van der Waals surface area contributed by atoms with Gasteiger partial charge in [0.15, 0.2) is 0 Å². The van der Waals surface area contributed by atoms with Crippen LogP contribution in [0.1, 0.15) is 31.9 Å². The summed E-state index contributed by atoms with van der Waals surface area (Å²) in [5, 5.41) is 3.54. The Bertz CT molecular complexity index is 681. The fourth-order valence-electron chi connectivity index (χ4n) is 2.37. The maximum atomic E-state index is 11.9. The fourth-order valence-corrected chi connectivity index (χ4v) is 2.76. The molecule has 1 N–H and O–H groups in total. The predicted molar refractivity (Wildman–Crippen MR) is 108 cm³/mol. The summed E-state index contributed by atoms with van der Waals surface area (Å²) in [7, 11) is 0. The molecule has 0 aromatic heterocycles. The Labute approximate surface area is 164 Å². The first-order chi connectivity index (χ1) is 12.4. The van der Waals surface area contributed by atoms with Crippen molar-refractivity contribution in [3.63, 3.8) is 0 Å². The number of ether oxygens (including phenoxy) is 2. The van der Waals surface area contributed by atoms with Crippen molar-refractivity contribution in [2.45, 2.75) is 45.4 Å². The van der Waals surface area contributed by atoms with Crippen molar-refractivity contribution in [3.05, 3.63) is 65.7 Å². The highest BCUT2D eigenvalue weighted by Crippen LogP contribution is 2.16. The first-order valence-corrected chi connectivity index (χ1v) is 9.79. The lowest BCUT2D eigenvalue weighted by atomic mass is 10.1. The van der Waals surface area contributed by atoms with Crippen LogP contribution in [0.2, 0.25) is 0 Å². The van der Waals surface area contributed by atoms with E-state index in [0.29, 0.717) is 18.4 Å². The molecular weight excluding hydrogens is 394 g/mol. The largest absolute Gasteiger partial charge is 0.489 e. The highest BCUT2D eigenvalue weighted by atomic mass is 79.9. The molecule has 4 nitrogen and oxygen atoms in total. The highest BCUT2D eigenvalue weighted by Gasteiger charge is 2.19. The van der Waals surface area contributed by atoms with Crippen LogP contribution < -0.4 is 10.1 Å². The van der Waals surface area contributed by atoms with E-state index in [1.165, 1.54) is 0 Å². The first-order valence-electron chi connectivity index (χ1n) is 8.67. The molecule has 0 radical (unpaired) electrons. The molecule has 0 spiro atoms. The van der Waals surface area contributed by atoms with Crippen molar-refractivity contribution in [1.82, 2.24) is 5.32 Å². The minimum absolute atomic E-state index is 0.0408. The van der Waals surface area contributed by atoms with Crippen molar-refractivity contribution in [2.24, 2.45) is 0 Å². The van der Waals surface area contributed by atoms with E-state index in [1.807, 2.05) is 75.4 Å². The summed E-state index contributed by atoms with van der Waals surface area (Å²) in [6.45, 7) is 6.10. The topological polar surface area (TPSA) is 47.6 Å². The molecule has 1 atom stereocenters. The number of nitrogens with one attached hydrogen (secondary N) is 1. The van der Waals surface area contributed by atoms with Gasteiger partial charge >= 0.3 is 6.09 Å². The van der Waals surface area contributed by atoms with Crippen molar-refractivity contribution in [1.29, 1.82) is 0 Å². The van der Waals surface area contributed by atoms with Crippen molar-refractivity contribution < 1.29 is 14.3 Å². The van der Waals surface area contributed by atoms with Gasteiger partial charge in [-0.2, -0.15) is 0 Å². The van der Waals surface area contributed by atoms with E-state index in [0.717, 1.165) is 16.9 Å². The monoisotopic (exact) mass is 419 g/mol. The molecule has 2 aromatic rings. The van der Waals surface area contributed by atoms with E-state index >= 15 is 0 Å². The lowest BCUT2D eigenvalue weighted by Crippen LogP contribution is -2.41. The van der Waals surface area contributed by atoms with Gasteiger partial charge in [-0.05, 0) is 50.5 Å². The van der Waals surface area contributed by atoms with Crippen LogP contribution in [0.15, 0.2) is 54.6 Å². The summed E-state index contributed by atoms with van der Waals surface area (Å²) in [5.41, 5.74) is 1.76. The van der Waals surface area contributed by atoms with Gasteiger partial charge in [0.1, 0.15) is 18.0 Å². The van der Waals surface area contributed by atoms with Gasteiger partial charge < -0.3 is 14.8 Å². The number of halogens is 1. The Morgan fingerprint density at radius 3 is 2.27 bits per heavy atom. The van der Waals surface area contributed by atoms with E-state index in [4.69, 9.17) is 9.47 Å². The van der Waals surface area contributed by atoms with E-state index in [9.17, 15) is 4.79 Å². The Balaban J connectivity index is 1.85. The van der Waals surface area contributed by atoms with Crippen LogP contribution >= 0.6 is 15.9 Å².